The predicted molar refractivity (Wildman–Crippen MR) is 108 cm³/mol. The highest BCUT2D eigenvalue weighted by Gasteiger charge is 2.36. The van der Waals surface area contributed by atoms with Crippen molar-refractivity contribution in [2.45, 2.75) is 19.9 Å². The third kappa shape index (κ3) is 3.18. The Kier molecular flexibility index (Phi) is 4.66. The van der Waals surface area contributed by atoms with Gasteiger partial charge in [-0.05, 0) is 30.2 Å². The van der Waals surface area contributed by atoms with E-state index in [1.807, 2.05) is 49.7 Å². The summed E-state index contributed by atoms with van der Waals surface area (Å²) in [6.45, 7) is 3.66. The van der Waals surface area contributed by atoms with Crippen LogP contribution in [0.1, 0.15) is 46.4 Å². The Morgan fingerprint density at radius 3 is 2.17 bits per heavy atom. The van der Waals surface area contributed by atoms with Gasteiger partial charge in [-0.15, -0.1) is 0 Å². The van der Waals surface area contributed by atoms with Crippen LogP contribution in [-0.2, 0) is 11.8 Å². The van der Waals surface area contributed by atoms with E-state index < -0.39 is 17.7 Å². The van der Waals surface area contributed by atoms with Crippen molar-refractivity contribution in [2.24, 2.45) is 13.0 Å². The van der Waals surface area contributed by atoms with Crippen LogP contribution in [-0.4, -0.2) is 38.7 Å². The Morgan fingerprint density at radius 2 is 1.59 bits per heavy atom. The van der Waals surface area contributed by atoms with E-state index in [1.54, 1.807) is 24.3 Å². The van der Waals surface area contributed by atoms with Crippen LogP contribution in [0, 0.1) is 5.92 Å². The number of imidazole rings is 1. The van der Waals surface area contributed by atoms with Crippen molar-refractivity contribution >= 4 is 28.8 Å². The molecule has 1 aliphatic heterocycles. The summed E-state index contributed by atoms with van der Waals surface area (Å²) in [6, 6.07) is 14.0. The number of nitrogens with one attached hydrogen (secondary N) is 1. The number of fused-ring (bicyclic) bond motifs is 2. The van der Waals surface area contributed by atoms with Crippen molar-refractivity contribution in [1.29, 1.82) is 0 Å². The number of para-hydroxylation sites is 2. The molecule has 1 atom stereocenters. The Labute approximate surface area is 168 Å². The van der Waals surface area contributed by atoms with Crippen LogP contribution in [0.2, 0.25) is 0 Å². The van der Waals surface area contributed by atoms with E-state index in [-0.39, 0.29) is 18.5 Å². The lowest BCUT2D eigenvalue weighted by atomic mass is 10.0. The number of aromatic nitrogens is 2. The first kappa shape index (κ1) is 18.9. The summed E-state index contributed by atoms with van der Waals surface area (Å²) >= 11 is 0. The fourth-order valence-corrected chi connectivity index (χ4v) is 3.72. The van der Waals surface area contributed by atoms with E-state index in [4.69, 9.17) is 0 Å². The van der Waals surface area contributed by atoms with Gasteiger partial charge in [-0.3, -0.25) is 19.3 Å². The van der Waals surface area contributed by atoms with E-state index in [0.29, 0.717) is 11.1 Å². The number of carbonyl (C=O) groups is 3. The number of benzene rings is 2. The normalized spacial score (nSPS) is 14.6. The molecule has 3 amide bonds. The lowest BCUT2D eigenvalue weighted by Gasteiger charge is -2.23. The fourth-order valence-electron chi connectivity index (χ4n) is 3.72. The Morgan fingerprint density at radius 1 is 1.00 bits per heavy atom. The zero-order valence-corrected chi connectivity index (χ0v) is 16.5. The van der Waals surface area contributed by atoms with Crippen molar-refractivity contribution in [2.75, 3.05) is 6.54 Å². The van der Waals surface area contributed by atoms with Crippen molar-refractivity contribution in [3.8, 4) is 0 Å². The van der Waals surface area contributed by atoms with Crippen LogP contribution in [0.3, 0.4) is 0 Å². The molecule has 29 heavy (non-hydrogen) atoms. The molecule has 0 bridgehead atoms. The Hall–Kier alpha value is -3.48. The van der Waals surface area contributed by atoms with E-state index >= 15 is 0 Å². The number of carbonyl (C=O) groups excluding carboxylic acids is 3. The molecule has 2 heterocycles. The molecule has 0 saturated heterocycles. The number of nitrogens with zero attached hydrogens (tertiary/aromatic N) is 3. The quantitative estimate of drug-likeness (QED) is 0.679. The summed E-state index contributed by atoms with van der Waals surface area (Å²) in [6.07, 6.45) is 0. The van der Waals surface area contributed by atoms with Gasteiger partial charge in [0.15, 0.2) is 0 Å². The molecule has 0 spiro atoms. The highest BCUT2D eigenvalue weighted by Crippen LogP contribution is 2.26. The third-order valence-corrected chi connectivity index (χ3v) is 5.26. The lowest BCUT2D eigenvalue weighted by molar-refractivity contribution is -0.122. The Balaban J connectivity index is 1.55. The largest absolute Gasteiger partial charge is 0.344 e. The summed E-state index contributed by atoms with van der Waals surface area (Å²) in [5.74, 6) is -0.479. The molecule has 148 valence electrons. The van der Waals surface area contributed by atoms with Gasteiger partial charge in [0.25, 0.3) is 11.8 Å². The van der Waals surface area contributed by atoms with Gasteiger partial charge in [-0.1, -0.05) is 38.1 Å². The first-order valence-corrected chi connectivity index (χ1v) is 9.54. The molecule has 1 aromatic heterocycles. The third-order valence-electron chi connectivity index (χ3n) is 5.26. The molecule has 0 aliphatic carbocycles. The van der Waals surface area contributed by atoms with Crippen molar-refractivity contribution in [1.82, 2.24) is 19.8 Å². The number of hydrogen-bond donors (Lipinski definition) is 1. The topological polar surface area (TPSA) is 84.3 Å². The van der Waals surface area contributed by atoms with E-state index in [2.05, 4.69) is 10.3 Å². The summed E-state index contributed by atoms with van der Waals surface area (Å²) in [5.41, 5.74) is 2.50. The number of imide groups is 1. The van der Waals surface area contributed by atoms with Crippen LogP contribution in [0.5, 0.6) is 0 Å². The lowest BCUT2D eigenvalue weighted by Crippen LogP contribution is -2.43. The smallest absolute Gasteiger partial charge is 0.262 e. The zero-order valence-electron chi connectivity index (χ0n) is 16.5. The molecule has 7 heteroatoms. The minimum Gasteiger partial charge on any atom is -0.344 e. The first-order chi connectivity index (χ1) is 13.9. The summed E-state index contributed by atoms with van der Waals surface area (Å²) in [4.78, 5) is 43.5. The van der Waals surface area contributed by atoms with Crippen LogP contribution in [0.15, 0.2) is 48.5 Å². The molecule has 1 aliphatic rings. The summed E-state index contributed by atoms with van der Waals surface area (Å²) < 4.78 is 1.96. The van der Waals surface area contributed by atoms with Crippen LogP contribution in [0.4, 0.5) is 0 Å². The average Bonchev–Trinajstić information content (AvgIpc) is 3.16. The van der Waals surface area contributed by atoms with Gasteiger partial charge in [-0.2, -0.15) is 0 Å². The predicted octanol–water partition coefficient (Wildman–Crippen LogP) is 2.68. The maximum atomic E-state index is 12.8. The molecule has 7 nitrogen and oxygen atoms in total. The molecule has 0 radical (unpaired) electrons. The second-order valence-electron chi connectivity index (χ2n) is 7.55. The van der Waals surface area contributed by atoms with Crippen molar-refractivity contribution < 1.29 is 14.4 Å². The van der Waals surface area contributed by atoms with Gasteiger partial charge in [-0.25, -0.2) is 4.98 Å². The second kappa shape index (κ2) is 7.16. The molecule has 0 saturated carbocycles. The molecule has 0 fully saturated rings. The zero-order chi connectivity index (χ0) is 20.7. The Bertz CT molecular complexity index is 1100. The number of amides is 3. The van der Waals surface area contributed by atoms with Crippen molar-refractivity contribution in [3.05, 3.63) is 65.5 Å². The van der Waals surface area contributed by atoms with Gasteiger partial charge < -0.3 is 9.88 Å². The molecule has 1 unspecified atom stereocenters. The minimum absolute atomic E-state index is 0.0663. The molecular formula is C22H22N4O3. The van der Waals surface area contributed by atoms with Crippen LogP contribution < -0.4 is 5.32 Å². The summed E-state index contributed by atoms with van der Waals surface area (Å²) in [5, 5.41) is 2.96. The van der Waals surface area contributed by atoms with Gasteiger partial charge >= 0.3 is 0 Å². The summed E-state index contributed by atoms with van der Waals surface area (Å²) in [7, 11) is 1.91. The average molecular weight is 390 g/mol. The maximum absolute atomic E-state index is 12.8. The standard InChI is InChI=1S/C22H22N4O3/c1-13(2)19(20-23-16-10-6-7-11-17(16)25(20)3)24-18(27)12-26-21(28)14-8-4-5-9-15(14)22(26)29/h4-11,13,19H,12H2,1-3H3,(H,24,27). The highest BCUT2D eigenvalue weighted by molar-refractivity contribution is 6.22. The van der Waals surface area contributed by atoms with Crippen LogP contribution >= 0.6 is 0 Å². The molecule has 1 N–H and O–H groups in total. The van der Waals surface area contributed by atoms with E-state index in [1.165, 1.54) is 0 Å². The SMILES string of the molecule is CC(C)C(NC(=O)CN1C(=O)c2ccccc2C1=O)c1nc2ccccc2n1C. The van der Waals surface area contributed by atoms with Gasteiger partial charge in [0.05, 0.1) is 28.2 Å². The first-order valence-electron chi connectivity index (χ1n) is 9.54. The number of rotatable bonds is 5. The highest BCUT2D eigenvalue weighted by atomic mass is 16.2. The second-order valence-corrected chi connectivity index (χ2v) is 7.55. The monoisotopic (exact) mass is 390 g/mol. The number of aryl methyl sites for hydroxylation is 1. The molecule has 4 rings (SSSR count). The molecule has 2 aromatic carbocycles. The van der Waals surface area contributed by atoms with E-state index in [0.717, 1.165) is 21.8 Å². The molecular weight excluding hydrogens is 368 g/mol. The van der Waals surface area contributed by atoms with Crippen molar-refractivity contribution in [3.63, 3.8) is 0 Å². The fraction of sp³-hybridized carbons (Fsp3) is 0.273. The van der Waals surface area contributed by atoms with Gasteiger partial charge in [0.2, 0.25) is 5.91 Å². The molecule has 3 aromatic rings. The number of hydrogen-bond acceptors (Lipinski definition) is 4. The minimum atomic E-state index is -0.440. The van der Waals surface area contributed by atoms with Crippen LogP contribution in [0.25, 0.3) is 11.0 Å². The maximum Gasteiger partial charge on any atom is 0.262 e. The van der Waals surface area contributed by atoms with Gasteiger partial charge in [0.1, 0.15) is 12.4 Å². The van der Waals surface area contributed by atoms with Gasteiger partial charge in [0, 0.05) is 7.05 Å². The van der Waals surface area contributed by atoms with E-state index in [9.17, 15) is 14.4 Å².